The summed E-state index contributed by atoms with van der Waals surface area (Å²) in [6.07, 6.45) is 5.62. The average Bonchev–Trinajstić information content (AvgIpc) is 3.39. The van der Waals surface area contributed by atoms with Crippen molar-refractivity contribution in [3.8, 4) is 0 Å². The van der Waals surface area contributed by atoms with Gasteiger partial charge >= 0.3 is 12.0 Å². The highest BCUT2D eigenvalue weighted by atomic mass is 32.2. The van der Waals surface area contributed by atoms with Gasteiger partial charge < -0.3 is 20.4 Å². The number of hydrogen-bond acceptors (Lipinski definition) is 7. The second-order valence-corrected chi connectivity index (χ2v) is 9.75. The Hall–Kier alpha value is -2.30. The van der Waals surface area contributed by atoms with Crippen LogP contribution in [0, 0.1) is 0 Å². The van der Waals surface area contributed by atoms with Gasteiger partial charge in [-0.25, -0.2) is 9.59 Å². The summed E-state index contributed by atoms with van der Waals surface area (Å²) < 4.78 is 0. The van der Waals surface area contributed by atoms with E-state index in [-0.39, 0.29) is 43.3 Å². The second kappa shape index (κ2) is 11.5. The van der Waals surface area contributed by atoms with E-state index in [0.717, 1.165) is 37.9 Å². The first-order valence-corrected chi connectivity index (χ1v) is 12.4. The molecule has 32 heavy (non-hydrogen) atoms. The van der Waals surface area contributed by atoms with Crippen LogP contribution in [0.25, 0.3) is 0 Å². The lowest BCUT2D eigenvalue weighted by Crippen LogP contribution is -2.38. The molecule has 11 heteroatoms. The number of likely N-dealkylation sites (N-methyl/N-ethyl adjacent to an activating group) is 1. The van der Waals surface area contributed by atoms with Crippen molar-refractivity contribution in [2.45, 2.75) is 81.5 Å². The highest BCUT2D eigenvalue weighted by Gasteiger charge is 2.46. The fourth-order valence-corrected chi connectivity index (χ4v) is 5.94. The van der Waals surface area contributed by atoms with E-state index in [1.165, 1.54) is 0 Å². The number of thioether (sulfide) groups is 1. The zero-order chi connectivity index (χ0) is 23.1. The normalized spacial score (nSPS) is 24.7. The highest BCUT2D eigenvalue weighted by Crippen LogP contribution is 2.36. The molecule has 0 spiro atoms. The van der Waals surface area contributed by atoms with Gasteiger partial charge in [-0.15, -0.1) is 5.06 Å². The molecule has 0 radical (unpaired) electrons. The number of imide groups is 1. The van der Waals surface area contributed by atoms with Crippen LogP contribution in [-0.2, 0) is 24.0 Å². The number of nitrogens with one attached hydrogen (secondary N) is 2. The van der Waals surface area contributed by atoms with Gasteiger partial charge in [0.1, 0.15) is 0 Å². The third-order valence-electron chi connectivity index (χ3n) is 6.08. The van der Waals surface area contributed by atoms with E-state index in [0.29, 0.717) is 29.7 Å². The number of fused-ring (bicyclic) bond motifs is 1. The van der Waals surface area contributed by atoms with Crippen LogP contribution in [0.4, 0.5) is 4.79 Å². The van der Waals surface area contributed by atoms with E-state index in [9.17, 15) is 24.0 Å². The number of amides is 5. The molecule has 3 aliphatic rings. The van der Waals surface area contributed by atoms with Crippen molar-refractivity contribution < 1.29 is 28.8 Å². The van der Waals surface area contributed by atoms with Gasteiger partial charge in [0.05, 0.1) is 12.1 Å². The van der Waals surface area contributed by atoms with Crippen LogP contribution in [0.1, 0.15) is 64.2 Å². The Morgan fingerprint density at radius 3 is 2.53 bits per heavy atom. The highest BCUT2D eigenvalue weighted by molar-refractivity contribution is 8.00. The maximum Gasteiger partial charge on any atom is 0.333 e. The third-order valence-corrected chi connectivity index (χ3v) is 7.57. The summed E-state index contributed by atoms with van der Waals surface area (Å²) in [7, 11) is 1.85. The van der Waals surface area contributed by atoms with Crippen molar-refractivity contribution in [3.63, 3.8) is 0 Å². The average molecular weight is 469 g/mol. The van der Waals surface area contributed by atoms with Gasteiger partial charge in [-0.1, -0.05) is 12.8 Å². The summed E-state index contributed by atoms with van der Waals surface area (Å²) in [5.41, 5.74) is 0. The summed E-state index contributed by atoms with van der Waals surface area (Å²) in [4.78, 5) is 64.9. The first kappa shape index (κ1) is 24.3. The number of nitrogens with zero attached hydrogens (tertiary/aromatic N) is 2. The van der Waals surface area contributed by atoms with Gasteiger partial charge in [-0.2, -0.15) is 11.8 Å². The molecule has 3 aliphatic heterocycles. The third kappa shape index (κ3) is 6.36. The first-order chi connectivity index (χ1) is 15.4. The molecule has 2 N–H and O–H groups in total. The minimum atomic E-state index is -0.590. The van der Waals surface area contributed by atoms with Crippen molar-refractivity contribution >= 4 is 41.5 Å². The molecule has 3 heterocycles. The molecule has 0 aromatic rings. The zero-order valence-electron chi connectivity index (χ0n) is 18.5. The number of unbranched alkanes of at least 4 members (excludes halogenated alkanes) is 3. The molecule has 0 saturated carbocycles. The summed E-state index contributed by atoms with van der Waals surface area (Å²) in [6, 6.07) is 0.520. The Morgan fingerprint density at radius 2 is 1.78 bits per heavy atom. The van der Waals surface area contributed by atoms with Gasteiger partial charge in [0.15, 0.2) is 0 Å². The van der Waals surface area contributed by atoms with Gasteiger partial charge in [0.2, 0.25) is 5.91 Å². The van der Waals surface area contributed by atoms with Crippen LogP contribution in [0.15, 0.2) is 0 Å². The lowest BCUT2D eigenvalue weighted by molar-refractivity contribution is -0.197. The summed E-state index contributed by atoms with van der Waals surface area (Å²) in [5.74, 6) is -0.556. The fourth-order valence-electron chi connectivity index (χ4n) is 4.30. The molecule has 0 aliphatic carbocycles. The zero-order valence-corrected chi connectivity index (χ0v) is 19.3. The Morgan fingerprint density at radius 1 is 1.06 bits per heavy atom. The van der Waals surface area contributed by atoms with E-state index in [2.05, 4.69) is 10.6 Å². The largest absolute Gasteiger partial charge is 0.356 e. The molecule has 10 nitrogen and oxygen atoms in total. The fraction of sp³-hybridized carbons (Fsp3) is 0.762. The summed E-state index contributed by atoms with van der Waals surface area (Å²) >= 11 is 1.91. The molecule has 3 saturated heterocycles. The standard InChI is InChI=1S/C21H32N4O6S/c1-24-20-14(23-21(24)30)13-32-15(20)7-4-5-8-16(26)22-12-6-2-3-9-19(29)31-25-17(27)10-11-18(25)28/h14-15,20H,2-13H2,1H3,(H,22,26)(H,23,30)/t14-,15-,20?/m0/s1. The molecule has 5 amide bonds. The predicted octanol–water partition coefficient (Wildman–Crippen LogP) is 1.34. The quantitative estimate of drug-likeness (QED) is 0.251. The number of hydroxylamine groups is 2. The van der Waals surface area contributed by atoms with E-state index in [4.69, 9.17) is 4.84 Å². The molecular formula is C21H32N4O6S. The first-order valence-electron chi connectivity index (χ1n) is 11.3. The monoisotopic (exact) mass is 468 g/mol. The van der Waals surface area contributed by atoms with E-state index in [1.807, 2.05) is 23.7 Å². The Bertz CT molecular complexity index is 732. The number of carbonyl (C=O) groups is 5. The molecule has 3 rings (SSSR count). The molecule has 0 aromatic carbocycles. The lowest BCUT2D eigenvalue weighted by atomic mass is 10.0. The second-order valence-electron chi connectivity index (χ2n) is 8.48. The molecule has 0 bridgehead atoms. The van der Waals surface area contributed by atoms with Crippen molar-refractivity contribution in [3.05, 3.63) is 0 Å². The molecular weight excluding hydrogens is 436 g/mol. The van der Waals surface area contributed by atoms with E-state index in [1.54, 1.807) is 0 Å². The number of carbonyl (C=O) groups excluding carboxylic acids is 5. The van der Waals surface area contributed by atoms with Crippen LogP contribution < -0.4 is 10.6 Å². The van der Waals surface area contributed by atoms with Gasteiger partial charge in [-0.3, -0.25) is 14.4 Å². The van der Waals surface area contributed by atoms with Crippen LogP contribution in [-0.4, -0.2) is 76.4 Å². The van der Waals surface area contributed by atoms with Crippen molar-refractivity contribution in [2.24, 2.45) is 0 Å². The lowest BCUT2D eigenvalue weighted by Gasteiger charge is -2.23. The number of hydrogen-bond donors (Lipinski definition) is 2. The molecule has 1 unspecified atom stereocenters. The van der Waals surface area contributed by atoms with Crippen molar-refractivity contribution in [1.29, 1.82) is 0 Å². The number of urea groups is 1. The Labute approximate surface area is 192 Å². The SMILES string of the molecule is CN1C(=O)N[C@H]2CS[C@@H](CCCCC(=O)NCCCCCC(=O)ON3C(=O)CCC3=O)C21. The van der Waals surface area contributed by atoms with Crippen LogP contribution in [0.5, 0.6) is 0 Å². The molecule has 0 aromatic heterocycles. The van der Waals surface area contributed by atoms with E-state index >= 15 is 0 Å². The summed E-state index contributed by atoms with van der Waals surface area (Å²) in [6.45, 7) is 0.553. The maximum absolute atomic E-state index is 12.0. The predicted molar refractivity (Wildman–Crippen MR) is 117 cm³/mol. The molecule has 178 valence electrons. The minimum Gasteiger partial charge on any atom is -0.356 e. The van der Waals surface area contributed by atoms with Crippen molar-refractivity contribution in [2.75, 3.05) is 19.3 Å². The topological polar surface area (TPSA) is 125 Å². The Kier molecular flexibility index (Phi) is 8.77. The summed E-state index contributed by atoms with van der Waals surface area (Å²) in [5, 5.41) is 6.91. The Balaban J connectivity index is 1.16. The minimum absolute atomic E-state index is 0.0124. The van der Waals surface area contributed by atoms with Gasteiger partial charge in [0.25, 0.3) is 11.8 Å². The molecule has 3 atom stereocenters. The number of rotatable bonds is 12. The maximum atomic E-state index is 12.0. The van der Waals surface area contributed by atoms with Gasteiger partial charge in [-0.05, 0) is 25.7 Å². The molecule has 3 fully saturated rings. The van der Waals surface area contributed by atoms with E-state index < -0.39 is 17.8 Å². The van der Waals surface area contributed by atoms with Crippen molar-refractivity contribution in [1.82, 2.24) is 20.6 Å². The smallest absolute Gasteiger partial charge is 0.333 e. The van der Waals surface area contributed by atoms with Gasteiger partial charge in [0, 0.05) is 50.3 Å². The van der Waals surface area contributed by atoms with Crippen LogP contribution in [0.2, 0.25) is 0 Å². The van der Waals surface area contributed by atoms with Crippen LogP contribution in [0.3, 0.4) is 0 Å². The van der Waals surface area contributed by atoms with Crippen LogP contribution >= 0.6 is 11.8 Å².